The van der Waals surface area contributed by atoms with E-state index < -0.39 is 0 Å². The lowest BCUT2D eigenvalue weighted by Gasteiger charge is -2.30. The Kier molecular flexibility index (Phi) is 6.05. The third-order valence-electron chi connectivity index (χ3n) is 4.08. The van der Waals surface area contributed by atoms with E-state index in [0.717, 1.165) is 40.8 Å². The summed E-state index contributed by atoms with van der Waals surface area (Å²) in [5.74, 6) is 0.788. The number of aryl methyl sites for hydroxylation is 1. The molecule has 1 aromatic heterocycles. The molecule has 1 fully saturated rings. The molecule has 1 aliphatic carbocycles. The summed E-state index contributed by atoms with van der Waals surface area (Å²) >= 11 is 8.56. The number of aromatic nitrogens is 2. The molecule has 5 heteroatoms. The van der Waals surface area contributed by atoms with Crippen LogP contribution in [0.25, 0.3) is 0 Å². The first-order valence-electron chi connectivity index (χ1n) is 7.40. The van der Waals surface area contributed by atoms with E-state index in [1.165, 1.54) is 25.7 Å². The zero-order valence-electron chi connectivity index (χ0n) is 12.2. The van der Waals surface area contributed by atoms with Crippen LogP contribution in [-0.4, -0.2) is 17.1 Å². The standard InChI is InChI=1S/C15H22ClIN2O/c1-3-8-11-12(17)13(16)19-14(18-11)15(20-2)9-6-4-5-7-10-15/h3-10H2,1-2H3. The molecule has 1 aliphatic rings. The van der Waals surface area contributed by atoms with E-state index in [-0.39, 0.29) is 5.60 Å². The van der Waals surface area contributed by atoms with Gasteiger partial charge in [0.05, 0.1) is 9.26 Å². The number of ether oxygens (including phenoxy) is 1. The van der Waals surface area contributed by atoms with Crippen molar-refractivity contribution >= 4 is 34.2 Å². The smallest absolute Gasteiger partial charge is 0.162 e. The Morgan fingerprint density at radius 1 is 1.20 bits per heavy atom. The maximum absolute atomic E-state index is 6.32. The molecule has 112 valence electrons. The van der Waals surface area contributed by atoms with E-state index in [1.54, 1.807) is 7.11 Å². The molecule has 0 atom stereocenters. The normalized spacial score (nSPS) is 18.8. The van der Waals surface area contributed by atoms with Crippen LogP contribution in [0.1, 0.15) is 63.4 Å². The minimum absolute atomic E-state index is 0.340. The van der Waals surface area contributed by atoms with Crippen LogP contribution in [-0.2, 0) is 16.8 Å². The van der Waals surface area contributed by atoms with Gasteiger partial charge in [-0.2, -0.15) is 0 Å². The molecule has 1 aromatic rings. The van der Waals surface area contributed by atoms with Gasteiger partial charge in [-0.3, -0.25) is 0 Å². The van der Waals surface area contributed by atoms with Crippen molar-refractivity contribution in [2.24, 2.45) is 0 Å². The van der Waals surface area contributed by atoms with Gasteiger partial charge in [0, 0.05) is 7.11 Å². The molecular formula is C15H22ClIN2O. The highest BCUT2D eigenvalue weighted by Crippen LogP contribution is 2.38. The summed E-state index contributed by atoms with van der Waals surface area (Å²) in [5, 5.41) is 0.569. The Labute approximate surface area is 140 Å². The molecule has 0 radical (unpaired) electrons. The van der Waals surface area contributed by atoms with Gasteiger partial charge >= 0.3 is 0 Å². The Hall–Kier alpha value is 0.0600. The zero-order valence-corrected chi connectivity index (χ0v) is 15.1. The summed E-state index contributed by atoms with van der Waals surface area (Å²) in [5.41, 5.74) is 0.719. The molecule has 1 heterocycles. The SMILES string of the molecule is CCCc1nc(C2(OC)CCCCCC2)nc(Cl)c1I. The Morgan fingerprint density at radius 3 is 2.40 bits per heavy atom. The van der Waals surface area contributed by atoms with E-state index in [4.69, 9.17) is 21.3 Å². The fourth-order valence-electron chi connectivity index (χ4n) is 2.89. The van der Waals surface area contributed by atoms with Gasteiger partial charge in [-0.25, -0.2) is 9.97 Å². The quantitative estimate of drug-likeness (QED) is 0.404. The molecule has 20 heavy (non-hydrogen) atoms. The average Bonchev–Trinajstić information content (AvgIpc) is 2.70. The summed E-state index contributed by atoms with van der Waals surface area (Å²) < 4.78 is 6.87. The number of hydrogen-bond acceptors (Lipinski definition) is 3. The van der Waals surface area contributed by atoms with Crippen LogP contribution in [0.4, 0.5) is 0 Å². The second kappa shape index (κ2) is 7.36. The van der Waals surface area contributed by atoms with Crippen molar-refractivity contribution in [3.05, 3.63) is 20.2 Å². The molecule has 0 amide bonds. The van der Waals surface area contributed by atoms with Gasteiger partial charge < -0.3 is 4.74 Å². The topological polar surface area (TPSA) is 35.0 Å². The first kappa shape index (κ1) is 16.4. The number of nitrogens with zero attached hydrogens (tertiary/aromatic N) is 2. The van der Waals surface area contributed by atoms with E-state index >= 15 is 0 Å². The van der Waals surface area contributed by atoms with Crippen LogP contribution in [0, 0.1) is 3.57 Å². The van der Waals surface area contributed by atoms with Crippen LogP contribution in [0.3, 0.4) is 0 Å². The molecular weight excluding hydrogens is 387 g/mol. The Morgan fingerprint density at radius 2 is 1.85 bits per heavy atom. The van der Waals surface area contributed by atoms with Crippen molar-refractivity contribution in [3.8, 4) is 0 Å². The summed E-state index contributed by atoms with van der Waals surface area (Å²) in [4.78, 5) is 9.35. The lowest BCUT2D eigenvalue weighted by atomic mass is 9.93. The number of halogens is 2. The van der Waals surface area contributed by atoms with Crippen LogP contribution in [0.15, 0.2) is 0 Å². The molecule has 0 bridgehead atoms. The monoisotopic (exact) mass is 408 g/mol. The maximum Gasteiger partial charge on any atom is 0.162 e. The van der Waals surface area contributed by atoms with Gasteiger partial charge in [0.15, 0.2) is 5.82 Å². The largest absolute Gasteiger partial charge is 0.370 e. The van der Waals surface area contributed by atoms with Crippen LogP contribution in [0.2, 0.25) is 5.15 Å². The third-order valence-corrected chi connectivity index (χ3v) is 5.80. The van der Waals surface area contributed by atoms with Gasteiger partial charge in [-0.05, 0) is 41.9 Å². The number of rotatable bonds is 4. The molecule has 1 saturated carbocycles. The first-order chi connectivity index (χ1) is 9.63. The van der Waals surface area contributed by atoms with Crippen LogP contribution in [0.5, 0.6) is 0 Å². The van der Waals surface area contributed by atoms with Crippen molar-refractivity contribution < 1.29 is 4.74 Å². The lowest BCUT2D eigenvalue weighted by Crippen LogP contribution is -2.31. The predicted molar refractivity (Wildman–Crippen MR) is 90.1 cm³/mol. The molecule has 0 unspecified atom stereocenters. The molecule has 0 spiro atoms. The van der Waals surface area contributed by atoms with E-state index in [2.05, 4.69) is 34.5 Å². The van der Waals surface area contributed by atoms with E-state index in [1.807, 2.05) is 0 Å². The fourth-order valence-corrected chi connectivity index (χ4v) is 3.59. The van der Waals surface area contributed by atoms with E-state index in [9.17, 15) is 0 Å². The molecule has 0 saturated heterocycles. The van der Waals surface area contributed by atoms with Crippen molar-refractivity contribution in [2.45, 2.75) is 63.9 Å². The van der Waals surface area contributed by atoms with Crippen molar-refractivity contribution in [1.82, 2.24) is 9.97 Å². The van der Waals surface area contributed by atoms with Crippen LogP contribution >= 0.6 is 34.2 Å². The van der Waals surface area contributed by atoms with E-state index in [0.29, 0.717) is 5.15 Å². The molecule has 0 N–H and O–H groups in total. The minimum Gasteiger partial charge on any atom is -0.370 e. The van der Waals surface area contributed by atoms with Crippen LogP contribution < -0.4 is 0 Å². The third kappa shape index (κ3) is 3.45. The van der Waals surface area contributed by atoms with Gasteiger partial charge in [-0.1, -0.05) is 50.6 Å². The first-order valence-corrected chi connectivity index (χ1v) is 8.86. The Bertz CT molecular complexity index is 459. The predicted octanol–water partition coefficient (Wildman–Crippen LogP) is 4.88. The van der Waals surface area contributed by atoms with Gasteiger partial charge in [-0.15, -0.1) is 0 Å². The maximum atomic E-state index is 6.32. The van der Waals surface area contributed by atoms with Gasteiger partial charge in [0.25, 0.3) is 0 Å². The van der Waals surface area contributed by atoms with Gasteiger partial charge in [0.1, 0.15) is 10.8 Å². The minimum atomic E-state index is -0.340. The van der Waals surface area contributed by atoms with Gasteiger partial charge in [0.2, 0.25) is 0 Å². The highest BCUT2D eigenvalue weighted by Gasteiger charge is 2.36. The fraction of sp³-hybridized carbons (Fsp3) is 0.733. The molecule has 0 aliphatic heterocycles. The highest BCUT2D eigenvalue weighted by molar-refractivity contribution is 14.1. The number of methoxy groups -OCH3 is 1. The van der Waals surface area contributed by atoms with Crippen molar-refractivity contribution in [2.75, 3.05) is 7.11 Å². The van der Waals surface area contributed by atoms with Crippen molar-refractivity contribution in [3.63, 3.8) is 0 Å². The lowest BCUT2D eigenvalue weighted by molar-refractivity contribution is -0.0353. The molecule has 3 nitrogen and oxygen atoms in total. The molecule has 2 rings (SSSR count). The summed E-state index contributed by atoms with van der Waals surface area (Å²) in [6.45, 7) is 2.16. The second-order valence-corrected chi connectivity index (χ2v) is 6.90. The summed E-state index contributed by atoms with van der Waals surface area (Å²) in [6.07, 6.45) is 8.86. The van der Waals surface area contributed by atoms with Crippen molar-refractivity contribution in [1.29, 1.82) is 0 Å². The number of hydrogen-bond donors (Lipinski definition) is 0. The average molecular weight is 409 g/mol. The zero-order chi connectivity index (χ0) is 14.6. The highest BCUT2D eigenvalue weighted by atomic mass is 127. The second-order valence-electron chi connectivity index (χ2n) is 5.46. The Balaban J connectivity index is 2.43. The summed E-state index contributed by atoms with van der Waals surface area (Å²) in [7, 11) is 1.78. The molecule has 0 aromatic carbocycles. The summed E-state index contributed by atoms with van der Waals surface area (Å²) in [6, 6.07) is 0.